The van der Waals surface area contributed by atoms with Crippen LogP contribution >= 0.6 is 23.2 Å². The van der Waals surface area contributed by atoms with E-state index in [1.165, 1.54) is 0 Å². The molecule has 0 saturated heterocycles. The highest BCUT2D eigenvalue weighted by Gasteiger charge is 2.12. The van der Waals surface area contributed by atoms with Gasteiger partial charge in [0, 0.05) is 17.5 Å². The van der Waals surface area contributed by atoms with Crippen LogP contribution < -0.4 is 5.32 Å². The summed E-state index contributed by atoms with van der Waals surface area (Å²) in [5.74, 6) is 1.49. The average molecular weight is 389 g/mol. The molecular formula is C20H22Cl2N4. The largest absolute Gasteiger partial charge is 0.369 e. The molecule has 1 N–H and O–H groups in total. The molecule has 0 fully saturated rings. The van der Waals surface area contributed by atoms with Crippen LogP contribution in [0.3, 0.4) is 0 Å². The Morgan fingerprint density at radius 2 is 1.85 bits per heavy atom. The summed E-state index contributed by atoms with van der Waals surface area (Å²) in [6.45, 7) is 3.93. The van der Waals surface area contributed by atoms with Gasteiger partial charge < -0.3 is 10.2 Å². The maximum atomic E-state index is 6.18. The predicted molar refractivity (Wildman–Crippen MR) is 111 cm³/mol. The van der Waals surface area contributed by atoms with Gasteiger partial charge in [0.25, 0.3) is 0 Å². The summed E-state index contributed by atoms with van der Waals surface area (Å²) >= 11 is 12.2. The van der Waals surface area contributed by atoms with Crippen LogP contribution in [0.15, 0.2) is 36.4 Å². The van der Waals surface area contributed by atoms with E-state index in [4.69, 9.17) is 33.2 Å². The number of halogens is 2. The van der Waals surface area contributed by atoms with Crippen molar-refractivity contribution in [1.29, 1.82) is 0 Å². The lowest BCUT2D eigenvalue weighted by molar-refractivity contribution is 0.405. The number of benzene rings is 2. The van der Waals surface area contributed by atoms with Gasteiger partial charge in [0.05, 0.1) is 15.6 Å². The predicted octanol–water partition coefficient (Wildman–Crippen LogP) is 5.28. The van der Waals surface area contributed by atoms with Gasteiger partial charge in [-0.1, -0.05) is 35.3 Å². The van der Waals surface area contributed by atoms with Crippen molar-refractivity contribution in [3.05, 3.63) is 52.0 Å². The van der Waals surface area contributed by atoms with Crippen molar-refractivity contribution in [2.24, 2.45) is 0 Å². The van der Waals surface area contributed by atoms with E-state index >= 15 is 0 Å². The van der Waals surface area contributed by atoms with Gasteiger partial charge >= 0.3 is 0 Å². The number of rotatable bonds is 6. The summed E-state index contributed by atoms with van der Waals surface area (Å²) in [7, 11) is 4.15. The SMILES string of the molecule is Cc1cccc2c(NCCCN(C)C)nc(-c3ccc(Cl)c(Cl)c3)nc12. The summed E-state index contributed by atoms with van der Waals surface area (Å²) in [5, 5.41) is 5.52. The van der Waals surface area contributed by atoms with Crippen LogP contribution in [0.1, 0.15) is 12.0 Å². The second-order valence-electron chi connectivity index (χ2n) is 6.58. The molecule has 2 aromatic carbocycles. The highest BCUT2D eigenvalue weighted by atomic mass is 35.5. The highest BCUT2D eigenvalue weighted by molar-refractivity contribution is 6.42. The average Bonchev–Trinajstić information content (AvgIpc) is 2.61. The zero-order valence-corrected chi connectivity index (χ0v) is 16.7. The van der Waals surface area contributed by atoms with E-state index in [0.29, 0.717) is 15.9 Å². The molecule has 26 heavy (non-hydrogen) atoms. The van der Waals surface area contributed by atoms with E-state index in [1.54, 1.807) is 12.1 Å². The van der Waals surface area contributed by atoms with Gasteiger partial charge in [-0.3, -0.25) is 0 Å². The first-order valence-electron chi connectivity index (χ1n) is 8.57. The molecule has 0 unspecified atom stereocenters. The zero-order valence-electron chi connectivity index (χ0n) is 15.2. The minimum Gasteiger partial charge on any atom is -0.369 e. The number of para-hydroxylation sites is 1. The first-order valence-corrected chi connectivity index (χ1v) is 9.32. The van der Waals surface area contributed by atoms with E-state index in [-0.39, 0.29) is 0 Å². The van der Waals surface area contributed by atoms with Gasteiger partial charge in [0.2, 0.25) is 0 Å². The Hall–Kier alpha value is -1.88. The number of nitrogens with one attached hydrogen (secondary N) is 1. The van der Waals surface area contributed by atoms with Crippen molar-refractivity contribution in [3.63, 3.8) is 0 Å². The van der Waals surface area contributed by atoms with Gasteiger partial charge in [-0.15, -0.1) is 0 Å². The van der Waals surface area contributed by atoms with Crippen LogP contribution in [0.25, 0.3) is 22.3 Å². The Morgan fingerprint density at radius 1 is 1.04 bits per heavy atom. The molecule has 0 atom stereocenters. The lowest BCUT2D eigenvalue weighted by Crippen LogP contribution is -2.17. The third-order valence-corrected chi connectivity index (χ3v) is 4.92. The monoisotopic (exact) mass is 388 g/mol. The maximum Gasteiger partial charge on any atom is 0.162 e. The Balaban J connectivity index is 2.01. The van der Waals surface area contributed by atoms with Crippen LogP contribution in [0, 0.1) is 6.92 Å². The molecule has 0 spiro atoms. The molecule has 4 nitrogen and oxygen atoms in total. The maximum absolute atomic E-state index is 6.18. The van der Waals surface area contributed by atoms with Crippen LogP contribution in [0.2, 0.25) is 10.0 Å². The summed E-state index contributed by atoms with van der Waals surface area (Å²) in [6.07, 6.45) is 1.03. The lowest BCUT2D eigenvalue weighted by atomic mass is 10.1. The first-order chi connectivity index (χ1) is 12.5. The molecule has 3 aromatic rings. The zero-order chi connectivity index (χ0) is 18.7. The summed E-state index contributed by atoms with van der Waals surface area (Å²) in [5.41, 5.74) is 2.90. The molecule has 0 aliphatic rings. The number of nitrogens with zero attached hydrogens (tertiary/aromatic N) is 3. The molecule has 6 heteroatoms. The van der Waals surface area contributed by atoms with Crippen molar-refractivity contribution in [2.75, 3.05) is 32.5 Å². The second-order valence-corrected chi connectivity index (χ2v) is 7.39. The number of hydrogen-bond donors (Lipinski definition) is 1. The number of hydrogen-bond acceptors (Lipinski definition) is 4. The number of aryl methyl sites for hydroxylation is 1. The molecule has 0 aliphatic carbocycles. The van der Waals surface area contributed by atoms with E-state index in [2.05, 4.69) is 43.4 Å². The Labute approximate surface area is 164 Å². The normalized spacial score (nSPS) is 11.3. The van der Waals surface area contributed by atoms with Crippen molar-refractivity contribution in [3.8, 4) is 11.4 Å². The molecule has 1 aromatic heterocycles. The fourth-order valence-corrected chi connectivity index (χ4v) is 3.09. The molecule has 0 aliphatic heterocycles. The Morgan fingerprint density at radius 3 is 2.58 bits per heavy atom. The molecule has 1 heterocycles. The van der Waals surface area contributed by atoms with E-state index in [9.17, 15) is 0 Å². The molecule has 0 radical (unpaired) electrons. The fourth-order valence-electron chi connectivity index (χ4n) is 2.80. The van der Waals surface area contributed by atoms with Crippen molar-refractivity contribution in [1.82, 2.24) is 14.9 Å². The summed E-state index contributed by atoms with van der Waals surface area (Å²) < 4.78 is 0. The van der Waals surface area contributed by atoms with E-state index < -0.39 is 0 Å². The molecule has 0 saturated carbocycles. The summed E-state index contributed by atoms with van der Waals surface area (Å²) in [6, 6.07) is 11.6. The Kier molecular flexibility index (Phi) is 5.97. The van der Waals surface area contributed by atoms with Crippen molar-refractivity contribution < 1.29 is 0 Å². The van der Waals surface area contributed by atoms with Gasteiger partial charge in [0.15, 0.2) is 5.82 Å². The quantitative estimate of drug-likeness (QED) is 0.583. The lowest BCUT2D eigenvalue weighted by Gasteiger charge is -2.14. The number of fused-ring (bicyclic) bond motifs is 1. The third-order valence-electron chi connectivity index (χ3n) is 4.18. The van der Waals surface area contributed by atoms with Gasteiger partial charge in [-0.05, 0) is 63.8 Å². The van der Waals surface area contributed by atoms with Crippen molar-refractivity contribution in [2.45, 2.75) is 13.3 Å². The number of anilines is 1. The van der Waals surface area contributed by atoms with Gasteiger partial charge in [-0.25, -0.2) is 9.97 Å². The van der Waals surface area contributed by atoms with Crippen LogP contribution in [0.5, 0.6) is 0 Å². The summed E-state index contributed by atoms with van der Waals surface area (Å²) in [4.78, 5) is 11.7. The van der Waals surface area contributed by atoms with Crippen LogP contribution in [-0.4, -0.2) is 42.1 Å². The molecule has 0 bridgehead atoms. The van der Waals surface area contributed by atoms with Crippen molar-refractivity contribution >= 4 is 39.9 Å². The fraction of sp³-hybridized carbons (Fsp3) is 0.300. The minimum absolute atomic E-state index is 0.498. The first kappa shape index (κ1) is 18.9. The topological polar surface area (TPSA) is 41.0 Å². The standard InChI is InChI=1S/C20H22Cl2N4/c1-13-6-4-7-15-18(13)24-19(14-8-9-16(21)17(22)12-14)25-20(15)23-10-5-11-26(2)3/h4,6-9,12H,5,10-11H2,1-3H3,(H,23,24,25). The second kappa shape index (κ2) is 8.21. The number of aromatic nitrogens is 2. The van der Waals surface area contributed by atoms with Gasteiger partial charge in [-0.2, -0.15) is 0 Å². The van der Waals surface area contributed by atoms with Crippen LogP contribution in [0.4, 0.5) is 5.82 Å². The van der Waals surface area contributed by atoms with Gasteiger partial charge in [0.1, 0.15) is 5.82 Å². The van der Waals surface area contributed by atoms with E-state index in [0.717, 1.165) is 47.4 Å². The smallest absolute Gasteiger partial charge is 0.162 e. The Bertz CT molecular complexity index is 925. The van der Waals surface area contributed by atoms with Crippen LogP contribution in [-0.2, 0) is 0 Å². The molecule has 3 rings (SSSR count). The minimum atomic E-state index is 0.498. The highest BCUT2D eigenvalue weighted by Crippen LogP contribution is 2.30. The third kappa shape index (κ3) is 4.26. The van der Waals surface area contributed by atoms with E-state index in [1.807, 2.05) is 12.1 Å². The molecule has 136 valence electrons. The molecule has 0 amide bonds. The molecular weight excluding hydrogens is 367 g/mol.